The Balaban J connectivity index is 2.00. The normalized spacial score (nSPS) is 9.75. The van der Waals surface area contributed by atoms with Crippen LogP contribution in [0.2, 0.25) is 5.02 Å². The number of ether oxygens (including phenoxy) is 3. The fourth-order valence-corrected chi connectivity index (χ4v) is 2.13. The zero-order valence-electron chi connectivity index (χ0n) is 13.1. The lowest BCUT2D eigenvalue weighted by Crippen LogP contribution is -2.20. The summed E-state index contributed by atoms with van der Waals surface area (Å²) in [6, 6.07) is 11.6. The maximum Gasteiger partial charge on any atom is 0.262 e. The minimum Gasteiger partial charge on any atom is -0.497 e. The molecule has 2 aromatic carbocycles. The van der Waals surface area contributed by atoms with E-state index in [0.29, 0.717) is 33.5 Å². The molecule has 24 heavy (non-hydrogen) atoms. The van der Waals surface area contributed by atoms with Crippen LogP contribution >= 0.6 is 11.6 Å². The molecule has 0 heterocycles. The van der Waals surface area contributed by atoms with Gasteiger partial charge in [0.1, 0.15) is 5.75 Å². The summed E-state index contributed by atoms with van der Waals surface area (Å²) in [4.78, 5) is 12.0. The first-order chi connectivity index (χ1) is 11.6. The fourth-order valence-electron chi connectivity index (χ4n) is 1.91. The van der Waals surface area contributed by atoms with Crippen LogP contribution in [0, 0.1) is 11.3 Å². The molecular weight excluding hydrogens is 332 g/mol. The van der Waals surface area contributed by atoms with Crippen LogP contribution in [0.25, 0.3) is 0 Å². The Morgan fingerprint density at radius 3 is 2.58 bits per heavy atom. The van der Waals surface area contributed by atoms with Crippen LogP contribution in [0.5, 0.6) is 17.2 Å². The van der Waals surface area contributed by atoms with E-state index in [1.54, 1.807) is 30.3 Å². The SMILES string of the molecule is COc1ccc(NC(=O)COc2ccc(C#N)cc2OC)c(Cl)c1. The van der Waals surface area contributed by atoms with Gasteiger partial charge in [0, 0.05) is 12.1 Å². The summed E-state index contributed by atoms with van der Waals surface area (Å²) in [5.41, 5.74) is 0.895. The number of benzene rings is 2. The molecule has 0 aliphatic carbocycles. The molecule has 0 bridgehead atoms. The first-order valence-corrected chi connectivity index (χ1v) is 7.29. The summed E-state index contributed by atoms with van der Waals surface area (Å²) in [5.74, 6) is 0.960. The molecule has 1 N–H and O–H groups in total. The van der Waals surface area contributed by atoms with Crippen molar-refractivity contribution in [2.24, 2.45) is 0 Å². The average molecular weight is 347 g/mol. The number of amides is 1. The summed E-state index contributed by atoms with van der Waals surface area (Å²) in [7, 11) is 2.99. The molecule has 0 atom stereocenters. The minimum absolute atomic E-state index is 0.232. The number of nitriles is 1. The molecule has 0 saturated carbocycles. The van der Waals surface area contributed by atoms with Crippen molar-refractivity contribution in [3.05, 3.63) is 47.0 Å². The van der Waals surface area contributed by atoms with E-state index >= 15 is 0 Å². The molecule has 0 radical (unpaired) electrons. The van der Waals surface area contributed by atoms with E-state index in [1.807, 2.05) is 6.07 Å². The number of rotatable bonds is 6. The third-order valence-corrected chi connectivity index (χ3v) is 3.41. The van der Waals surface area contributed by atoms with Gasteiger partial charge in [-0.15, -0.1) is 0 Å². The van der Waals surface area contributed by atoms with Gasteiger partial charge in [-0.05, 0) is 24.3 Å². The largest absolute Gasteiger partial charge is 0.497 e. The maximum absolute atomic E-state index is 12.0. The molecule has 124 valence electrons. The summed E-state index contributed by atoms with van der Waals surface area (Å²) in [6.45, 7) is -0.232. The second-order valence-electron chi connectivity index (χ2n) is 4.66. The molecule has 0 fully saturated rings. The van der Waals surface area contributed by atoms with Crippen molar-refractivity contribution >= 4 is 23.2 Å². The van der Waals surface area contributed by atoms with Crippen LogP contribution in [0.15, 0.2) is 36.4 Å². The smallest absolute Gasteiger partial charge is 0.262 e. The van der Waals surface area contributed by atoms with E-state index in [4.69, 9.17) is 31.1 Å². The standard InChI is InChI=1S/C17H15ClN2O4/c1-22-12-4-5-14(13(18)8-12)20-17(21)10-24-15-6-3-11(9-19)7-16(15)23-2/h3-8H,10H2,1-2H3,(H,20,21). The van der Waals surface area contributed by atoms with Crippen LogP contribution in [0.3, 0.4) is 0 Å². The molecule has 0 saturated heterocycles. The lowest BCUT2D eigenvalue weighted by atomic mass is 10.2. The summed E-state index contributed by atoms with van der Waals surface area (Å²) < 4.78 is 15.6. The van der Waals surface area contributed by atoms with Crippen molar-refractivity contribution in [3.8, 4) is 23.3 Å². The molecular formula is C17H15ClN2O4. The molecule has 0 spiro atoms. The van der Waals surface area contributed by atoms with Crippen molar-refractivity contribution in [1.29, 1.82) is 5.26 Å². The van der Waals surface area contributed by atoms with Gasteiger partial charge in [-0.25, -0.2) is 0 Å². The summed E-state index contributed by atoms with van der Waals surface area (Å²) in [5, 5.41) is 11.9. The molecule has 2 aromatic rings. The number of methoxy groups -OCH3 is 2. The molecule has 7 heteroatoms. The maximum atomic E-state index is 12.0. The van der Waals surface area contributed by atoms with Crippen molar-refractivity contribution in [2.45, 2.75) is 0 Å². The molecule has 0 aliphatic rings. The zero-order valence-corrected chi connectivity index (χ0v) is 13.9. The fraction of sp³-hybridized carbons (Fsp3) is 0.176. The van der Waals surface area contributed by atoms with E-state index in [-0.39, 0.29) is 12.5 Å². The van der Waals surface area contributed by atoms with Gasteiger partial charge in [-0.1, -0.05) is 11.6 Å². The monoisotopic (exact) mass is 346 g/mol. The number of hydrogen-bond acceptors (Lipinski definition) is 5. The topological polar surface area (TPSA) is 80.6 Å². The van der Waals surface area contributed by atoms with Crippen LogP contribution in [0.4, 0.5) is 5.69 Å². The highest BCUT2D eigenvalue weighted by molar-refractivity contribution is 6.33. The summed E-state index contributed by atoms with van der Waals surface area (Å²) >= 11 is 6.06. The Morgan fingerprint density at radius 1 is 1.17 bits per heavy atom. The van der Waals surface area contributed by atoms with E-state index in [0.717, 1.165) is 0 Å². The van der Waals surface area contributed by atoms with Gasteiger partial charge >= 0.3 is 0 Å². The Hall–Kier alpha value is -2.91. The Labute approximate surface area is 144 Å². The number of nitrogens with zero attached hydrogens (tertiary/aromatic N) is 1. The van der Waals surface area contributed by atoms with Crippen LogP contribution < -0.4 is 19.5 Å². The second kappa shape index (κ2) is 8.09. The second-order valence-corrected chi connectivity index (χ2v) is 5.07. The van der Waals surface area contributed by atoms with Gasteiger partial charge in [0.05, 0.1) is 36.6 Å². The van der Waals surface area contributed by atoms with E-state index in [2.05, 4.69) is 5.32 Å². The predicted octanol–water partition coefficient (Wildman–Crippen LogP) is 3.25. The van der Waals surface area contributed by atoms with E-state index in [1.165, 1.54) is 20.3 Å². The first-order valence-electron chi connectivity index (χ1n) is 6.91. The number of halogens is 1. The number of carbonyl (C=O) groups is 1. The quantitative estimate of drug-likeness (QED) is 0.868. The van der Waals surface area contributed by atoms with Crippen LogP contribution in [-0.2, 0) is 4.79 Å². The van der Waals surface area contributed by atoms with Gasteiger partial charge in [-0.2, -0.15) is 5.26 Å². The third kappa shape index (κ3) is 4.31. The Morgan fingerprint density at radius 2 is 1.96 bits per heavy atom. The highest BCUT2D eigenvalue weighted by Crippen LogP contribution is 2.28. The molecule has 1 amide bonds. The predicted molar refractivity (Wildman–Crippen MR) is 89.8 cm³/mol. The summed E-state index contributed by atoms with van der Waals surface area (Å²) in [6.07, 6.45) is 0. The highest BCUT2D eigenvalue weighted by atomic mass is 35.5. The zero-order chi connectivity index (χ0) is 17.5. The first kappa shape index (κ1) is 17.4. The third-order valence-electron chi connectivity index (χ3n) is 3.10. The van der Waals surface area contributed by atoms with Gasteiger partial charge in [0.15, 0.2) is 18.1 Å². The van der Waals surface area contributed by atoms with Crippen LogP contribution in [0.1, 0.15) is 5.56 Å². The van der Waals surface area contributed by atoms with Crippen LogP contribution in [-0.4, -0.2) is 26.7 Å². The van der Waals surface area contributed by atoms with Gasteiger partial charge < -0.3 is 19.5 Å². The lowest BCUT2D eigenvalue weighted by Gasteiger charge is -2.12. The van der Waals surface area contributed by atoms with Gasteiger partial charge in [0.25, 0.3) is 5.91 Å². The highest BCUT2D eigenvalue weighted by Gasteiger charge is 2.11. The molecule has 0 unspecified atom stereocenters. The van der Waals surface area contributed by atoms with Gasteiger partial charge in [-0.3, -0.25) is 4.79 Å². The minimum atomic E-state index is -0.381. The molecule has 0 aliphatic heterocycles. The molecule has 2 rings (SSSR count). The van der Waals surface area contributed by atoms with Crippen molar-refractivity contribution < 1.29 is 19.0 Å². The lowest BCUT2D eigenvalue weighted by molar-refractivity contribution is -0.118. The number of nitrogens with one attached hydrogen (secondary N) is 1. The number of carbonyl (C=O) groups excluding carboxylic acids is 1. The average Bonchev–Trinajstić information content (AvgIpc) is 2.61. The Bertz CT molecular complexity index is 787. The molecule has 6 nitrogen and oxygen atoms in total. The Kier molecular flexibility index (Phi) is 5.88. The van der Waals surface area contributed by atoms with E-state index < -0.39 is 0 Å². The van der Waals surface area contributed by atoms with Crippen molar-refractivity contribution in [1.82, 2.24) is 0 Å². The number of anilines is 1. The van der Waals surface area contributed by atoms with Crippen molar-refractivity contribution in [3.63, 3.8) is 0 Å². The van der Waals surface area contributed by atoms with Gasteiger partial charge in [0.2, 0.25) is 0 Å². The van der Waals surface area contributed by atoms with Crippen molar-refractivity contribution in [2.75, 3.05) is 26.1 Å². The molecule has 0 aromatic heterocycles. The van der Waals surface area contributed by atoms with E-state index in [9.17, 15) is 4.79 Å². The number of hydrogen-bond donors (Lipinski definition) is 1.